The van der Waals surface area contributed by atoms with E-state index in [2.05, 4.69) is 55.7 Å². The molecule has 0 aromatic carbocycles. The molecule has 0 fully saturated rings. The molecule has 0 aliphatic rings. The summed E-state index contributed by atoms with van der Waals surface area (Å²) in [5.41, 5.74) is 1.92. The van der Waals surface area contributed by atoms with E-state index < -0.39 is 0 Å². The molecule has 0 N–H and O–H groups in total. The van der Waals surface area contributed by atoms with Gasteiger partial charge in [0.05, 0.1) is 5.69 Å². The zero-order chi connectivity index (χ0) is 15.1. The van der Waals surface area contributed by atoms with Gasteiger partial charge in [0.2, 0.25) is 0 Å². The Labute approximate surface area is 125 Å². The number of hydrogen-bond donors (Lipinski definition) is 0. The lowest BCUT2D eigenvalue weighted by atomic mass is 9.92. The maximum absolute atomic E-state index is 6.08. The van der Waals surface area contributed by atoms with Gasteiger partial charge in [0.1, 0.15) is 5.52 Å². The zero-order valence-electron chi connectivity index (χ0n) is 13.1. The number of aromatic nitrogens is 3. The summed E-state index contributed by atoms with van der Waals surface area (Å²) in [7, 11) is 2.02. The number of nitrogens with zero attached hydrogens (tertiary/aromatic N) is 4. The fraction of sp³-hybridized carbons (Fsp3) is 0.600. The second kappa shape index (κ2) is 4.92. The van der Waals surface area contributed by atoms with E-state index in [9.17, 15) is 0 Å². The van der Waals surface area contributed by atoms with E-state index in [1.165, 1.54) is 0 Å². The highest BCUT2D eigenvalue weighted by Crippen LogP contribution is 2.29. The van der Waals surface area contributed by atoms with E-state index in [4.69, 9.17) is 11.6 Å². The lowest BCUT2D eigenvalue weighted by Gasteiger charge is -2.35. The molecule has 0 saturated carbocycles. The van der Waals surface area contributed by atoms with E-state index in [0.717, 1.165) is 17.0 Å². The fourth-order valence-electron chi connectivity index (χ4n) is 1.91. The monoisotopic (exact) mass is 294 g/mol. The summed E-state index contributed by atoms with van der Waals surface area (Å²) < 4.78 is 1.89. The average molecular weight is 295 g/mol. The molecule has 110 valence electrons. The minimum absolute atomic E-state index is 0.0177. The van der Waals surface area contributed by atoms with Gasteiger partial charge in [-0.2, -0.15) is 5.10 Å². The minimum atomic E-state index is -0.164. The Bertz CT molecular complexity index is 610. The maximum atomic E-state index is 6.08. The van der Waals surface area contributed by atoms with Crippen LogP contribution in [0.3, 0.4) is 0 Å². The number of halogens is 1. The summed E-state index contributed by atoms with van der Waals surface area (Å²) in [6.45, 7) is 10.7. The third-order valence-electron chi connectivity index (χ3n) is 3.69. The lowest BCUT2D eigenvalue weighted by Crippen LogP contribution is -2.43. The first-order chi connectivity index (χ1) is 9.16. The summed E-state index contributed by atoms with van der Waals surface area (Å²) in [5, 5.41) is 4.65. The molecule has 0 aliphatic heterocycles. The van der Waals surface area contributed by atoms with Crippen molar-refractivity contribution in [2.75, 3.05) is 17.8 Å². The van der Waals surface area contributed by atoms with Gasteiger partial charge in [-0.3, -0.25) is 0 Å². The molecule has 2 rings (SSSR count). The van der Waals surface area contributed by atoms with Crippen molar-refractivity contribution in [1.29, 1.82) is 0 Å². The number of hydrogen-bond acceptors (Lipinski definition) is 3. The van der Waals surface area contributed by atoms with E-state index >= 15 is 0 Å². The van der Waals surface area contributed by atoms with Crippen molar-refractivity contribution in [3.63, 3.8) is 0 Å². The van der Waals surface area contributed by atoms with Crippen LogP contribution in [-0.4, -0.2) is 33.1 Å². The maximum Gasteiger partial charge on any atom is 0.154 e. The third kappa shape index (κ3) is 2.62. The van der Waals surface area contributed by atoms with Crippen molar-refractivity contribution < 1.29 is 0 Å². The predicted octanol–water partition coefficient (Wildman–Crippen LogP) is 3.48. The molecule has 0 radical (unpaired) electrons. The standard InChI is InChI=1S/C15H23ClN4/c1-14(2,3)12-9-11-13(17-7-8-20(11)18-12)19(6)15(4,5)10-16/h7-9H,10H2,1-6H3. The van der Waals surface area contributed by atoms with E-state index in [-0.39, 0.29) is 11.0 Å². The first kappa shape index (κ1) is 15.1. The molecule has 0 bridgehead atoms. The van der Waals surface area contributed by atoms with E-state index in [1.807, 2.05) is 17.8 Å². The first-order valence-electron chi connectivity index (χ1n) is 6.81. The quantitative estimate of drug-likeness (QED) is 0.813. The molecule has 4 nitrogen and oxygen atoms in total. The van der Waals surface area contributed by atoms with Gasteiger partial charge in [0.15, 0.2) is 5.82 Å². The highest BCUT2D eigenvalue weighted by molar-refractivity contribution is 6.18. The van der Waals surface area contributed by atoms with Gasteiger partial charge >= 0.3 is 0 Å². The second-order valence-corrected chi connectivity index (χ2v) is 7.13. The Morgan fingerprint density at radius 2 is 1.90 bits per heavy atom. The third-order valence-corrected chi connectivity index (χ3v) is 4.34. The molecule has 20 heavy (non-hydrogen) atoms. The van der Waals surface area contributed by atoms with Gasteiger partial charge in [0, 0.05) is 36.3 Å². The fourth-order valence-corrected chi connectivity index (χ4v) is 2.09. The zero-order valence-corrected chi connectivity index (χ0v) is 13.9. The SMILES string of the molecule is CN(c1nccn2nc(C(C)(C)C)cc12)C(C)(C)CCl. The largest absolute Gasteiger partial charge is 0.352 e. The van der Waals surface area contributed by atoms with Crippen LogP contribution < -0.4 is 4.90 Å². The van der Waals surface area contributed by atoms with Crippen LogP contribution in [0.4, 0.5) is 5.82 Å². The van der Waals surface area contributed by atoms with Crippen molar-refractivity contribution in [3.8, 4) is 0 Å². The average Bonchev–Trinajstić information content (AvgIpc) is 2.81. The molecule has 2 aromatic heterocycles. The van der Waals surface area contributed by atoms with E-state index in [0.29, 0.717) is 5.88 Å². The Morgan fingerprint density at radius 1 is 1.25 bits per heavy atom. The van der Waals surface area contributed by atoms with Crippen LogP contribution in [0.5, 0.6) is 0 Å². The van der Waals surface area contributed by atoms with Gasteiger partial charge in [0.25, 0.3) is 0 Å². The van der Waals surface area contributed by atoms with Gasteiger partial charge in [-0.1, -0.05) is 20.8 Å². The number of alkyl halides is 1. The molecule has 2 heterocycles. The number of anilines is 1. The van der Waals surface area contributed by atoms with Crippen molar-refractivity contribution >= 4 is 22.9 Å². The van der Waals surface area contributed by atoms with Gasteiger partial charge in [-0.25, -0.2) is 9.50 Å². The van der Waals surface area contributed by atoms with Crippen LogP contribution in [-0.2, 0) is 5.41 Å². The van der Waals surface area contributed by atoms with Crippen LogP contribution in [0.15, 0.2) is 18.5 Å². The van der Waals surface area contributed by atoms with Crippen LogP contribution in [0.1, 0.15) is 40.3 Å². The number of fused-ring (bicyclic) bond motifs is 1. The molecule has 5 heteroatoms. The van der Waals surface area contributed by atoms with Crippen LogP contribution >= 0.6 is 11.6 Å². The summed E-state index contributed by atoms with van der Waals surface area (Å²) >= 11 is 6.08. The van der Waals surface area contributed by atoms with Crippen LogP contribution in [0.2, 0.25) is 0 Å². The Hall–Kier alpha value is -1.29. The van der Waals surface area contributed by atoms with Gasteiger partial charge in [-0.15, -0.1) is 11.6 Å². The molecule has 0 atom stereocenters. The number of rotatable bonds is 3. The summed E-state index contributed by atoms with van der Waals surface area (Å²) in [4.78, 5) is 6.64. The Balaban J connectivity index is 2.58. The second-order valence-electron chi connectivity index (χ2n) is 6.87. The minimum Gasteiger partial charge on any atom is -0.352 e. The molecule has 0 spiro atoms. The van der Waals surface area contributed by atoms with Crippen molar-refractivity contribution in [1.82, 2.24) is 14.6 Å². The first-order valence-corrected chi connectivity index (χ1v) is 7.35. The van der Waals surface area contributed by atoms with Crippen LogP contribution in [0, 0.1) is 0 Å². The summed E-state index contributed by atoms with van der Waals surface area (Å²) in [5.74, 6) is 1.44. The molecule has 0 aliphatic carbocycles. The Morgan fingerprint density at radius 3 is 2.45 bits per heavy atom. The smallest absolute Gasteiger partial charge is 0.154 e. The van der Waals surface area contributed by atoms with Crippen molar-refractivity contribution in [2.45, 2.75) is 45.6 Å². The Kier molecular flexibility index (Phi) is 3.71. The van der Waals surface area contributed by atoms with Crippen LogP contribution in [0.25, 0.3) is 5.52 Å². The van der Waals surface area contributed by atoms with Crippen molar-refractivity contribution in [3.05, 3.63) is 24.2 Å². The molecule has 0 unspecified atom stereocenters. The molecule has 2 aromatic rings. The summed E-state index contributed by atoms with van der Waals surface area (Å²) in [6.07, 6.45) is 3.66. The highest BCUT2D eigenvalue weighted by Gasteiger charge is 2.26. The molecular weight excluding hydrogens is 272 g/mol. The normalized spacial score (nSPS) is 12.9. The predicted molar refractivity (Wildman–Crippen MR) is 84.9 cm³/mol. The highest BCUT2D eigenvalue weighted by atomic mass is 35.5. The van der Waals surface area contributed by atoms with E-state index in [1.54, 1.807) is 6.20 Å². The lowest BCUT2D eigenvalue weighted by molar-refractivity contribution is 0.540. The van der Waals surface area contributed by atoms with Crippen molar-refractivity contribution in [2.24, 2.45) is 0 Å². The molecule has 0 saturated heterocycles. The van der Waals surface area contributed by atoms with Gasteiger partial charge < -0.3 is 4.90 Å². The molecule has 0 amide bonds. The molecular formula is C15H23ClN4. The topological polar surface area (TPSA) is 33.4 Å². The van der Waals surface area contributed by atoms with Gasteiger partial charge in [-0.05, 0) is 19.9 Å². The summed E-state index contributed by atoms with van der Waals surface area (Å²) in [6, 6.07) is 2.11.